The van der Waals surface area contributed by atoms with Crippen molar-refractivity contribution >= 4 is 11.6 Å². The lowest BCUT2D eigenvalue weighted by atomic mass is 9.44. The number of aliphatic hydroxyl groups excluding tert-OH is 9. The van der Waals surface area contributed by atoms with Gasteiger partial charge in [0.05, 0.1) is 54.9 Å². The molecule has 0 heterocycles. The second kappa shape index (κ2) is 38.7. The van der Waals surface area contributed by atoms with E-state index in [-0.39, 0.29) is 82.5 Å². The predicted octanol–water partition coefficient (Wildman–Crippen LogP) is 27.4. The topological polar surface area (TPSA) is 216 Å². The van der Waals surface area contributed by atoms with Gasteiger partial charge in [0, 0.05) is 17.3 Å². The fraction of sp³-hybridized carbons (Fsp3) is 0.921. The molecule has 0 radical (unpaired) electrons. The molecule has 0 aromatic rings. The van der Waals surface area contributed by atoms with E-state index in [1.807, 2.05) is 34.6 Å². The van der Waals surface area contributed by atoms with E-state index in [1.54, 1.807) is 16.7 Å². The first-order chi connectivity index (χ1) is 65.2. The van der Waals surface area contributed by atoms with Crippen LogP contribution in [0.3, 0.4) is 0 Å². The van der Waals surface area contributed by atoms with Gasteiger partial charge < -0.3 is 46.0 Å². The molecule has 24 aliphatic carbocycles. The van der Waals surface area contributed by atoms with Crippen LogP contribution < -0.4 is 0 Å². The highest BCUT2D eigenvalue weighted by atomic mass is 19.1. The zero-order valence-electron chi connectivity index (χ0n) is 90.7. The number of Topliss-reactive ketones (excluding diaryl/α,β-unsaturated/α-hetero) is 2. The Kier molecular flexibility index (Phi) is 29.3. The first kappa shape index (κ1) is 104. The van der Waals surface area contributed by atoms with Crippen LogP contribution >= 0.6 is 0 Å². The van der Waals surface area contributed by atoms with E-state index >= 15 is 4.39 Å². The van der Waals surface area contributed by atoms with Gasteiger partial charge >= 0.3 is 0 Å². The third kappa shape index (κ3) is 17.3. The van der Waals surface area contributed by atoms with Crippen LogP contribution in [0.1, 0.15) is 446 Å². The molecule has 780 valence electrons. The lowest BCUT2D eigenvalue weighted by molar-refractivity contribution is -0.138. The SMILES string of the molecule is CC(=O)[C@H]1CCC2C3CC=C4C[C@@H](O)CC[C@]4(C)C3CC[C@@]21C.CC(=O)[C@H]1CCC2C3CC[C@H]4C[C@@H](O)CC[C@]4(C)C3CC[C@@]21C.C[C@@H]1CCC2C3CCC4=C[C@@H](O)CC[C@]4(C)C3CC[C@]2(C)[C@H]1F.C[C@H](O)[C@H]1CCC2C3CC=C4C[C@@H](O)CC[C@]4(C)C3CC[C@@]21C.C[C@H](O)[C@H]1CCC2C3CCC4=C[C@@H](O)CC[C@]4(C)C3CC[C@@]21C.C[C@H](O)[C@H]1CCC2C3CC[C@H]4C[C@@H](O)CC[C@]4(C)C3CC[C@@]21C. The standard InChI is InChI=1S/C21H33FO.C21H36O2.3C21H34O2.C21H32O2/c1-13-4-7-17-16-6-5-14-12-15(23)8-10-20(14,2)18(16)9-11-21(17,3)19(13)22;5*1-13(22)17-6-7-18-16-5-4-14-12-15(23)8-10-20(14,2)19(16)9-11-21(17,18)3/h12-13,15-19,23H,4-11H2,1-3H3;13-19,22-23H,4-12H2,1-3H3;14-19,23H,4-12H2,1-3H3;12-13,15-19,22-23H,4-11H2,1-3H3;4,13,15-19,22-23H,5-12H2,1-3H3;4,15-19,23H,5-12H2,1-3H3/t13-,15+,16?,17?,18?,19+,20+,21+;13-,14-,15-,16?,17+,18?,19?,20-,21+;14-,15-,16?,17+,18?,19?,20-,21+;2*13-,15-,16?,17+,18?,19?,20-,21+;15-,16?,17+,18?,19?,20-,21+/m100000/s1. The van der Waals surface area contributed by atoms with Crippen molar-refractivity contribution in [2.45, 2.75) is 507 Å². The molecule has 0 spiro atoms. The number of carbonyl (C=O) groups excluding carboxylic acids is 2. The van der Waals surface area contributed by atoms with E-state index in [2.05, 4.69) is 114 Å². The minimum atomic E-state index is -0.611. The number of allylic oxidation sites excluding steroid dienone is 4. The fourth-order valence-corrected chi connectivity index (χ4v) is 45.5. The molecule has 24 aliphatic rings. The van der Waals surface area contributed by atoms with Crippen molar-refractivity contribution in [3.8, 4) is 0 Å². The number of hydrogen-bond donors (Lipinski definition) is 9. The number of hydrogen-bond acceptors (Lipinski definition) is 11. The summed E-state index contributed by atoms with van der Waals surface area (Å²) < 4.78 is 15.1. The van der Waals surface area contributed by atoms with Gasteiger partial charge in [0.25, 0.3) is 0 Å². The number of alkyl halides is 1. The van der Waals surface area contributed by atoms with Crippen LogP contribution in [0, 0.1) is 219 Å². The Hall–Kier alpha value is -2.13. The Labute approximate surface area is 838 Å². The molecule has 9 N–H and O–H groups in total. The number of fused-ring (bicyclic) bond motifs is 30. The zero-order chi connectivity index (χ0) is 98.4. The summed E-state index contributed by atoms with van der Waals surface area (Å²) in [6.45, 7) is 41.4. The molecule has 0 aromatic carbocycles. The number of ketones is 2. The normalized spacial score (nSPS) is 54.8. The van der Waals surface area contributed by atoms with E-state index in [1.165, 1.54) is 217 Å². The summed E-state index contributed by atoms with van der Waals surface area (Å²) in [4.78, 5) is 24.3. The fourth-order valence-electron chi connectivity index (χ4n) is 45.5. The van der Waals surface area contributed by atoms with Crippen LogP contribution in [0.2, 0.25) is 0 Å². The van der Waals surface area contributed by atoms with Crippen LogP contribution in [0.15, 0.2) is 46.6 Å². The number of halogens is 1. The number of aliphatic hydroxyl groups is 9. The maximum absolute atomic E-state index is 15.1. The van der Waals surface area contributed by atoms with E-state index in [9.17, 15) is 55.5 Å². The van der Waals surface area contributed by atoms with E-state index in [0.29, 0.717) is 102 Å². The van der Waals surface area contributed by atoms with Crippen LogP contribution in [0.4, 0.5) is 4.39 Å². The minimum Gasteiger partial charge on any atom is -0.393 e. The lowest BCUT2D eigenvalue weighted by Gasteiger charge is -2.61. The highest BCUT2D eigenvalue weighted by molar-refractivity contribution is 5.80. The highest BCUT2D eigenvalue weighted by Crippen LogP contribution is 2.76. The molecule has 48 atom stereocenters. The maximum atomic E-state index is 15.1. The van der Waals surface area contributed by atoms with E-state index in [4.69, 9.17) is 0 Å². The summed E-state index contributed by atoms with van der Waals surface area (Å²) in [5.74, 6) is 19.0. The average molecular weight is 1910 g/mol. The Morgan fingerprint density at radius 1 is 0.297 bits per heavy atom. The van der Waals surface area contributed by atoms with Crippen LogP contribution in [0.25, 0.3) is 0 Å². The Morgan fingerprint density at radius 2 is 0.580 bits per heavy atom. The minimum absolute atomic E-state index is 0.0374. The number of rotatable bonds is 5. The lowest BCUT2D eigenvalue weighted by Crippen LogP contribution is -2.56. The smallest absolute Gasteiger partial charge is 0.133 e. The summed E-state index contributed by atoms with van der Waals surface area (Å²) in [6, 6.07) is 0. The molecule has 18 unspecified atom stereocenters. The Bertz CT molecular complexity index is 4460. The van der Waals surface area contributed by atoms with Crippen molar-refractivity contribution in [3.63, 3.8) is 0 Å². The van der Waals surface area contributed by atoms with E-state index in [0.717, 1.165) is 210 Å². The van der Waals surface area contributed by atoms with Crippen molar-refractivity contribution in [2.75, 3.05) is 0 Å². The first-order valence-electron chi connectivity index (χ1n) is 59.8. The molecular formula is C126H203FO11. The third-order valence-electron chi connectivity index (χ3n) is 53.1. The Balaban J connectivity index is 0.000000106. The van der Waals surface area contributed by atoms with Crippen molar-refractivity contribution in [3.05, 3.63) is 46.6 Å². The van der Waals surface area contributed by atoms with Gasteiger partial charge in [0.1, 0.15) is 17.7 Å². The zero-order valence-corrected chi connectivity index (χ0v) is 90.7. The van der Waals surface area contributed by atoms with Crippen LogP contribution in [0.5, 0.6) is 0 Å². The van der Waals surface area contributed by atoms with Gasteiger partial charge in [0.15, 0.2) is 0 Å². The first-order valence-corrected chi connectivity index (χ1v) is 59.8. The molecule has 12 heteroatoms. The quantitative estimate of drug-likeness (QED) is 0.118. The summed E-state index contributed by atoms with van der Waals surface area (Å²) in [5.41, 5.74) is 9.94. The molecule has 11 nitrogen and oxygen atoms in total. The van der Waals surface area contributed by atoms with Gasteiger partial charge in [-0.1, -0.05) is 137 Å². The van der Waals surface area contributed by atoms with E-state index < -0.39 is 6.17 Å². The number of carbonyl (C=O) groups is 2. The summed E-state index contributed by atoms with van der Waals surface area (Å²) in [5, 5.41) is 91.3. The summed E-state index contributed by atoms with van der Waals surface area (Å²) in [6.07, 6.45) is 67.0. The summed E-state index contributed by atoms with van der Waals surface area (Å²) in [7, 11) is 0. The molecular weight excluding hydrogens is 1710 g/mol. The van der Waals surface area contributed by atoms with Gasteiger partial charge in [-0.2, -0.15) is 0 Å². The van der Waals surface area contributed by atoms with Crippen molar-refractivity contribution in [2.24, 2.45) is 219 Å². The molecule has 0 saturated heterocycles. The molecule has 0 aromatic heterocycles. The Morgan fingerprint density at radius 3 is 0.964 bits per heavy atom. The molecule has 20 saturated carbocycles. The molecule has 0 aliphatic heterocycles. The molecule has 0 bridgehead atoms. The van der Waals surface area contributed by atoms with Crippen molar-refractivity contribution < 1.29 is 59.9 Å². The van der Waals surface area contributed by atoms with Crippen molar-refractivity contribution in [1.82, 2.24) is 0 Å². The third-order valence-corrected chi connectivity index (χ3v) is 53.1. The molecule has 138 heavy (non-hydrogen) atoms. The van der Waals surface area contributed by atoms with Gasteiger partial charge in [0.2, 0.25) is 0 Å². The van der Waals surface area contributed by atoms with Crippen LogP contribution in [-0.4, -0.2) is 119 Å². The molecule has 24 rings (SSSR count). The van der Waals surface area contributed by atoms with Gasteiger partial charge in [-0.15, -0.1) is 0 Å². The van der Waals surface area contributed by atoms with Gasteiger partial charge in [-0.25, -0.2) is 4.39 Å². The predicted molar refractivity (Wildman–Crippen MR) is 554 cm³/mol. The maximum Gasteiger partial charge on any atom is 0.133 e. The summed E-state index contributed by atoms with van der Waals surface area (Å²) >= 11 is 0. The second-order valence-corrected chi connectivity index (χ2v) is 58.2. The molecule has 20 fully saturated rings. The second-order valence-electron chi connectivity index (χ2n) is 58.2. The van der Waals surface area contributed by atoms with Crippen LogP contribution in [-0.2, 0) is 9.59 Å². The molecule has 0 amide bonds. The monoisotopic (exact) mass is 1910 g/mol. The van der Waals surface area contributed by atoms with Gasteiger partial charge in [-0.3, -0.25) is 9.59 Å². The largest absolute Gasteiger partial charge is 0.393 e. The average Bonchev–Trinajstić information content (AvgIpc) is 1.62. The van der Waals surface area contributed by atoms with Gasteiger partial charge in [-0.05, 0) is 557 Å². The van der Waals surface area contributed by atoms with Crippen molar-refractivity contribution in [1.29, 1.82) is 0 Å². The highest BCUT2D eigenvalue weighted by Gasteiger charge is 2.68.